The summed E-state index contributed by atoms with van der Waals surface area (Å²) in [7, 11) is 0. The standard InChI is InChI=1S/C25H24ClFIN4O4P/c1-25(2,3)36-24(34)31-21-19(18(12-30-23(21)26)35-13-14-7-5-4-6-8-14)22(33)15-9-10-17(27)20(32-37-28)16(15)11-29/h4-12,29,32,37H,13H2,1-3H3,(H,31,34). The lowest BCUT2D eigenvalue weighted by atomic mass is 9.96. The summed E-state index contributed by atoms with van der Waals surface area (Å²) in [4.78, 5) is 30.7. The van der Waals surface area contributed by atoms with E-state index in [1.54, 1.807) is 20.8 Å². The van der Waals surface area contributed by atoms with E-state index in [1.165, 1.54) is 12.3 Å². The van der Waals surface area contributed by atoms with Gasteiger partial charge in [-0.15, -0.1) is 0 Å². The largest absolute Gasteiger partial charge is 0.486 e. The van der Waals surface area contributed by atoms with E-state index in [0.29, 0.717) is 0 Å². The van der Waals surface area contributed by atoms with Gasteiger partial charge in [0.2, 0.25) is 0 Å². The summed E-state index contributed by atoms with van der Waals surface area (Å²) in [5.74, 6) is -1.23. The monoisotopic (exact) mass is 656 g/mol. The van der Waals surface area contributed by atoms with E-state index in [0.717, 1.165) is 17.8 Å². The second-order valence-electron chi connectivity index (χ2n) is 8.64. The van der Waals surface area contributed by atoms with Crippen LogP contribution in [0.2, 0.25) is 5.15 Å². The van der Waals surface area contributed by atoms with Gasteiger partial charge in [0, 0.05) is 23.7 Å². The molecule has 1 atom stereocenters. The minimum Gasteiger partial charge on any atom is -0.486 e. The third kappa shape index (κ3) is 7.37. The number of aromatic nitrogens is 1. The number of hydrogen-bond donors (Lipinski definition) is 3. The number of ketones is 1. The molecule has 1 aromatic heterocycles. The van der Waals surface area contributed by atoms with E-state index in [9.17, 15) is 14.0 Å². The maximum Gasteiger partial charge on any atom is 0.412 e. The summed E-state index contributed by atoms with van der Waals surface area (Å²) in [6.07, 6.45) is 1.40. The van der Waals surface area contributed by atoms with Crippen LogP contribution in [0.3, 0.4) is 0 Å². The van der Waals surface area contributed by atoms with Crippen LogP contribution in [0.15, 0.2) is 48.7 Å². The molecule has 8 nitrogen and oxygen atoms in total. The van der Waals surface area contributed by atoms with E-state index < -0.39 is 23.3 Å². The minimum atomic E-state index is -0.856. The summed E-state index contributed by atoms with van der Waals surface area (Å²) in [5.41, 5.74) is -0.167. The third-order valence-corrected chi connectivity index (χ3v) is 6.28. The van der Waals surface area contributed by atoms with Gasteiger partial charge in [-0.25, -0.2) is 14.2 Å². The number of rotatable bonds is 9. The van der Waals surface area contributed by atoms with Crippen molar-refractivity contribution in [3.63, 3.8) is 0 Å². The first-order chi connectivity index (χ1) is 17.6. The van der Waals surface area contributed by atoms with E-state index in [-0.39, 0.29) is 51.9 Å². The lowest BCUT2D eigenvalue weighted by Gasteiger charge is -2.22. The molecular weight excluding hydrogens is 633 g/mol. The highest BCUT2D eigenvalue weighted by molar-refractivity contribution is 14.2. The van der Waals surface area contributed by atoms with Gasteiger partial charge in [-0.3, -0.25) is 10.1 Å². The number of halogens is 3. The minimum absolute atomic E-state index is 0.00705. The molecule has 2 aromatic carbocycles. The van der Waals surface area contributed by atoms with E-state index in [2.05, 4.69) is 15.4 Å². The molecule has 0 aliphatic carbocycles. The Kier molecular flexibility index (Phi) is 9.80. The first kappa shape index (κ1) is 28.7. The molecule has 3 rings (SSSR count). The Morgan fingerprint density at radius 2 is 1.89 bits per heavy atom. The Labute approximate surface area is 233 Å². The number of carbonyl (C=O) groups is 2. The Morgan fingerprint density at radius 1 is 1.19 bits per heavy atom. The zero-order valence-electron chi connectivity index (χ0n) is 20.1. The topological polar surface area (TPSA) is 113 Å². The normalized spacial score (nSPS) is 11.3. The van der Waals surface area contributed by atoms with Crippen molar-refractivity contribution in [2.75, 3.05) is 10.4 Å². The van der Waals surface area contributed by atoms with Crippen molar-refractivity contribution in [1.82, 2.24) is 4.98 Å². The molecule has 1 heterocycles. The highest BCUT2D eigenvalue weighted by Gasteiger charge is 2.28. The van der Waals surface area contributed by atoms with Gasteiger partial charge >= 0.3 is 6.09 Å². The Morgan fingerprint density at radius 3 is 2.51 bits per heavy atom. The molecular formula is C25H24ClFIN4O4P. The predicted octanol–water partition coefficient (Wildman–Crippen LogP) is 7.38. The molecule has 0 saturated carbocycles. The van der Waals surface area contributed by atoms with Crippen LogP contribution in [-0.2, 0) is 11.3 Å². The van der Waals surface area contributed by atoms with E-state index in [4.69, 9.17) is 26.5 Å². The smallest absolute Gasteiger partial charge is 0.412 e. The van der Waals surface area contributed by atoms with Gasteiger partial charge in [-0.2, -0.15) is 0 Å². The molecule has 37 heavy (non-hydrogen) atoms. The van der Waals surface area contributed by atoms with E-state index in [1.807, 2.05) is 52.4 Å². The molecule has 0 bridgehead atoms. The average molecular weight is 657 g/mol. The molecule has 12 heteroatoms. The van der Waals surface area contributed by atoms with Crippen LogP contribution >= 0.6 is 40.0 Å². The lowest BCUT2D eigenvalue weighted by Crippen LogP contribution is -2.28. The molecule has 0 aliphatic rings. The number of benzene rings is 2. The fraction of sp³-hybridized carbons (Fsp3) is 0.200. The van der Waals surface area contributed by atoms with Crippen molar-refractivity contribution in [2.24, 2.45) is 0 Å². The van der Waals surface area contributed by atoms with Crippen LogP contribution in [0.5, 0.6) is 5.75 Å². The molecule has 3 aromatic rings. The fourth-order valence-electron chi connectivity index (χ4n) is 3.31. The zero-order valence-corrected chi connectivity index (χ0v) is 24.0. The van der Waals surface area contributed by atoms with Gasteiger partial charge in [0.15, 0.2) is 16.7 Å². The summed E-state index contributed by atoms with van der Waals surface area (Å²) in [6, 6.07) is 11.6. The van der Waals surface area contributed by atoms with Crippen molar-refractivity contribution in [1.29, 1.82) is 5.41 Å². The Hall–Kier alpha value is -2.82. The first-order valence-corrected chi connectivity index (χ1v) is 15.4. The van der Waals surface area contributed by atoms with Crippen LogP contribution in [0.4, 0.5) is 20.6 Å². The van der Waals surface area contributed by atoms with Gasteiger partial charge in [0.25, 0.3) is 0 Å². The summed E-state index contributed by atoms with van der Waals surface area (Å²) in [6.45, 7) is 5.17. The first-order valence-electron chi connectivity index (χ1n) is 10.9. The van der Waals surface area contributed by atoms with Gasteiger partial charge in [0.1, 0.15) is 18.0 Å². The number of amides is 1. The summed E-state index contributed by atoms with van der Waals surface area (Å²) in [5, 5.41) is 13.1. The summed E-state index contributed by atoms with van der Waals surface area (Å²) < 4.78 is 25.8. The lowest BCUT2D eigenvalue weighted by molar-refractivity contribution is 0.0636. The maximum absolute atomic E-state index is 14.5. The molecule has 0 aliphatic heterocycles. The third-order valence-electron chi connectivity index (χ3n) is 4.84. The Balaban J connectivity index is 2.15. The molecule has 3 N–H and O–H groups in total. The molecule has 194 valence electrons. The van der Waals surface area contributed by atoms with Crippen molar-refractivity contribution in [2.45, 2.75) is 33.0 Å². The van der Waals surface area contributed by atoms with Gasteiger partial charge < -0.3 is 20.0 Å². The number of nitrogens with one attached hydrogen (secondary N) is 3. The summed E-state index contributed by atoms with van der Waals surface area (Å²) >= 11 is 8.36. The van der Waals surface area contributed by atoms with Crippen LogP contribution in [0, 0.1) is 11.2 Å². The van der Waals surface area contributed by atoms with Crippen LogP contribution in [0.1, 0.15) is 47.8 Å². The number of hydrogen-bond acceptors (Lipinski definition) is 7. The highest BCUT2D eigenvalue weighted by atomic mass is 127. The van der Waals surface area contributed by atoms with Crippen molar-refractivity contribution in [3.8, 4) is 5.75 Å². The molecule has 0 fully saturated rings. The number of pyridine rings is 1. The van der Waals surface area contributed by atoms with Crippen molar-refractivity contribution >= 4 is 69.5 Å². The molecule has 1 unspecified atom stereocenters. The second-order valence-corrected chi connectivity index (χ2v) is 11.1. The number of carbonyl (C=O) groups excluding carboxylic acids is 2. The molecule has 0 spiro atoms. The fourth-order valence-corrected chi connectivity index (χ4v) is 4.66. The van der Waals surface area contributed by atoms with Crippen LogP contribution < -0.4 is 15.1 Å². The highest BCUT2D eigenvalue weighted by Crippen LogP contribution is 2.37. The van der Waals surface area contributed by atoms with Crippen molar-refractivity contribution < 1.29 is 23.5 Å². The maximum atomic E-state index is 14.5. The zero-order chi connectivity index (χ0) is 27.2. The molecule has 0 saturated heterocycles. The molecule has 0 radical (unpaired) electrons. The SMILES string of the molecule is CC(C)(C)OC(=O)Nc1c(Cl)ncc(OCc2ccccc2)c1C(=O)c1ccc(F)c(NPI)c1C=N. The van der Waals surface area contributed by atoms with Crippen LogP contribution in [-0.4, -0.2) is 28.7 Å². The van der Waals surface area contributed by atoms with Crippen molar-refractivity contribution in [3.05, 3.63) is 81.9 Å². The number of anilines is 2. The quantitative estimate of drug-likeness (QED) is 0.0728. The van der Waals surface area contributed by atoms with Crippen LogP contribution in [0.25, 0.3) is 0 Å². The van der Waals surface area contributed by atoms with Gasteiger partial charge in [0.05, 0.1) is 23.1 Å². The van der Waals surface area contributed by atoms with Gasteiger partial charge in [-0.05, 0) is 60.5 Å². The average Bonchev–Trinajstić information content (AvgIpc) is 2.84. The molecule has 1 amide bonds. The predicted molar refractivity (Wildman–Crippen MR) is 154 cm³/mol. The number of ether oxygens (including phenoxy) is 2. The van der Waals surface area contributed by atoms with Gasteiger partial charge in [-0.1, -0.05) is 41.9 Å². The second kappa shape index (κ2) is 12.6. The Bertz CT molecular complexity index is 1320. The number of nitrogens with zero attached hydrogens (tertiary/aromatic N) is 1. The van der Waals surface area contributed by atoms with E-state index >= 15 is 0 Å².